The van der Waals surface area contributed by atoms with E-state index >= 15 is 0 Å². The fourth-order valence-corrected chi connectivity index (χ4v) is 0.971. The summed E-state index contributed by atoms with van der Waals surface area (Å²) in [6.45, 7) is 3.19. The molecule has 0 spiro atoms. The first-order valence-electron chi connectivity index (χ1n) is 3.38. The van der Waals surface area contributed by atoms with Gasteiger partial charge in [-0.3, -0.25) is 4.79 Å². The summed E-state index contributed by atoms with van der Waals surface area (Å²) in [6.07, 6.45) is 0. The lowest BCUT2D eigenvalue weighted by Gasteiger charge is -2.00. The van der Waals surface area contributed by atoms with Crippen molar-refractivity contribution in [3.63, 3.8) is 0 Å². The number of hydrogen-bond donors (Lipinski definition) is 1. The van der Waals surface area contributed by atoms with Crippen molar-refractivity contribution in [3.8, 4) is 0 Å². The van der Waals surface area contributed by atoms with E-state index in [9.17, 15) is 4.79 Å². The van der Waals surface area contributed by atoms with Crippen LogP contribution in [0.3, 0.4) is 0 Å². The number of aliphatic carboxylic acids is 1. The van der Waals surface area contributed by atoms with Gasteiger partial charge in [-0.2, -0.15) is 0 Å². The van der Waals surface area contributed by atoms with Gasteiger partial charge in [0.25, 0.3) is 0 Å². The Bertz CT molecular complexity index is 308. The molecule has 1 atom stereocenters. The van der Waals surface area contributed by atoms with Crippen LogP contribution >= 0.6 is 11.6 Å². The first-order valence-corrected chi connectivity index (χ1v) is 3.76. The maximum atomic E-state index is 10.5. The van der Waals surface area contributed by atoms with Crippen molar-refractivity contribution in [3.05, 3.63) is 16.5 Å². The maximum Gasteiger partial charge on any atom is 0.314 e. The van der Waals surface area contributed by atoms with E-state index in [1.165, 1.54) is 6.92 Å². The molecule has 0 aromatic carbocycles. The molecule has 0 bridgehead atoms. The number of carbonyl (C=O) groups is 1. The van der Waals surface area contributed by atoms with Crippen molar-refractivity contribution in [2.75, 3.05) is 0 Å². The Hall–Kier alpha value is -1.03. The number of carboxylic acid groups (broad SMARTS) is 1. The van der Waals surface area contributed by atoms with Crippen LogP contribution in [0.25, 0.3) is 0 Å². The van der Waals surface area contributed by atoms with Crippen molar-refractivity contribution >= 4 is 17.6 Å². The molecule has 1 heterocycles. The molecule has 5 heteroatoms. The van der Waals surface area contributed by atoms with Crippen molar-refractivity contribution < 1.29 is 14.4 Å². The van der Waals surface area contributed by atoms with Gasteiger partial charge in [0.1, 0.15) is 5.92 Å². The highest BCUT2D eigenvalue weighted by Gasteiger charge is 2.22. The van der Waals surface area contributed by atoms with E-state index in [-0.39, 0.29) is 5.15 Å². The molecule has 12 heavy (non-hydrogen) atoms. The predicted octanol–water partition coefficient (Wildman–Crippen LogP) is 1.82. The number of hydrogen-bond acceptors (Lipinski definition) is 3. The molecule has 0 aliphatic carbocycles. The van der Waals surface area contributed by atoms with Crippen LogP contribution in [0.4, 0.5) is 0 Å². The summed E-state index contributed by atoms with van der Waals surface area (Å²) in [4.78, 5) is 10.5. The third-order valence-electron chi connectivity index (χ3n) is 1.67. The van der Waals surface area contributed by atoms with Gasteiger partial charge in [0.05, 0.1) is 0 Å². The van der Waals surface area contributed by atoms with Crippen LogP contribution in [-0.2, 0) is 4.79 Å². The third-order valence-corrected chi connectivity index (χ3v) is 2.02. The Morgan fingerprint density at radius 1 is 1.75 bits per heavy atom. The molecule has 4 nitrogen and oxygen atoms in total. The minimum absolute atomic E-state index is 0.220. The van der Waals surface area contributed by atoms with E-state index in [1.807, 2.05) is 0 Å². The zero-order valence-corrected chi connectivity index (χ0v) is 7.42. The van der Waals surface area contributed by atoms with E-state index in [0.717, 1.165) is 0 Å². The molecule has 1 aromatic heterocycles. The lowest BCUT2D eigenvalue weighted by molar-refractivity contribution is -0.138. The van der Waals surface area contributed by atoms with Crippen molar-refractivity contribution in [1.82, 2.24) is 5.16 Å². The van der Waals surface area contributed by atoms with Gasteiger partial charge in [-0.15, -0.1) is 0 Å². The lowest BCUT2D eigenvalue weighted by atomic mass is 10.1. The molecule has 1 rings (SSSR count). The van der Waals surface area contributed by atoms with Gasteiger partial charge in [-0.05, 0) is 13.8 Å². The van der Waals surface area contributed by atoms with Gasteiger partial charge in [-0.1, -0.05) is 16.8 Å². The van der Waals surface area contributed by atoms with Crippen LogP contribution in [-0.4, -0.2) is 16.2 Å². The topological polar surface area (TPSA) is 63.3 Å². The molecular weight excluding hydrogens is 182 g/mol. The smallest absolute Gasteiger partial charge is 0.314 e. The minimum atomic E-state index is -0.953. The summed E-state index contributed by atoms with van der Waals surface area (Å²) in [7, 11) is 0. The van der Waals surface area contributed by atoms with Gasteiger partial charge in [-0.25, -0.2) is 0 Å². The highest BCUT2D eigenvalue weighted by atomic mass is 35.5. The zero-order valence-electron chi connectivity index (χ0n) is 6.67. The molecule has 0 fully saturated rings. The first kappa shape index (κ1) is 9.06. The number of nitrogens with zero attached hydrogens (tertiary/aromatic N) is 1. The van der Waals surface area contributed by atoms with E-state index in [1.54, 1.807) is 6.92 Å². The van der Waals surface area contributed by atoms with Gasteiger partial charge < -0.3 is 9.63 Å². The maximum absolute atomic E-state index is 10.5. The molecule has 1 N–H and O–H groups in total. The first-order chi connectivity index (χ1) is 5.54. The molecule has 0 aliphatic rings. The predicted molar refractivity (Wildman–Crippen MR) is 42.3 cm³/mol. The van der Waals surface area contributed by atoms with Gasteiger partial charge in [0.15, 0.2) is 10.9 Å². The van der Waals surface area contributed by atoms with Gasteiger partial charge in [0.2, 0.25) is 0 Å². The number of aromatic nitrogens is 1. The SMILES string of the molecule is Cc1c(Cl)noc1C(C)C(=O)O. The van der Waals surface area contributed by atoms with Crippen LogP contribution in [0.2, 0.25) is 5.15 Å². The number of rotatable bonds is 2. The van der Waals surface area contributed by atoms with Crippen LogP contribution in [0.1, 0.15) is 24.2 Å². The Morgan fingerprint density at radius 2 is 2.33 bits per heavy atom. The van der Waals surface area contributed by atoms with Crippen molar-refractivity contribution in [2.45, 2.75) is 19.8 Å². The summed E-state index contributed by atoms with van der Waals surface area (Å²) in [6, 6.07) is 0. The standard InChI is InChI=1S/C7H8ClNO3/c1-3-5(4(2)7(10)11)12-9-6(3)8/h4H,1-2H3,(H,10,11). The molecular formula is C7H8ClNO3. The summed E-state index contributed by atoms with van der Waals surface area (Å²) >= 11 is 5.58. The summed E-state index contributed by atoms with van der Waals surface area (Å²) < 4.78 is 4.76. The molecule has 66 valence electrons. The van der Waals surface area contributed by atoms with E-state index < -0.39 is 11.9 Å². The van der Waals surface area contributed by atoms with Crippen molar-refractivity contribution in [1.29, 1.82) is 0 Å². The summed E-state index contributed by atoms with van der Waals surface area (Å²) in [5, 5.41) is 12.3. The van der Waals surface area contributed by atoms with Gasteiger partial charge >= 0.3 is 5.97 Å². The largest absolute Gasteiger partial charge is 0.481 e. The van der Waals surface area contributed by atoms with E-state index in [2.05, 4.69) is 5.16 Å². The Kier molecular flexibility index (Phi) is 2.38. The molecule has 0 saturated heterocycles. The van der Waals surface area contributed by atoms with Crippen molar-refractivity contribution in [2.24, 2.45) is 0 Å². The number of carboxylic acids is 1. The zero-order chi connectivity index (χ0) is 9.30. The molecule has 1 aromatic rings. The van der Waals surface area contributed by atoms with E-state index in [0.29, 0.717) is 11.3 Å². The fourth-order valence-electron chi connectivity index (χ4n) is 0.844. The number of halogens is 1. The van der Waals surface area contributed by atoms with Crippen LogP contribution in [0.5, 0.6) is 0 Å². The summed E-state index contributed by atoms with van der Waals surface area (Å²) in [5.41, 5.74) is 0.589. The molecule has 0 saturated carbocycles. The lowest BCUT2D eigenvalue weighted by Crippen LogP contribution is -2.07. The average Bonchev–Trinajstić information content (AvgIpc) is 2.32. The summed E-state index contributed by atoms with van der Waals surface area (Å²) in [5.74, 6) is -1.34. The molecule has 0 radical (unpaired) electrons. The Balaban J connectivity index is 3.03. The van der Waals surface area contributed by atoms with Crippen LogP contribution in [0, 0.1) is 6.92 Å². The normalized spacial score (nSPS) is 12.9. The second-order valence-corrected chi connectivity index (χ2v) is 2.88. The molecule has 0 amide bonds. The second kappa shape index (κ2) is 3.15. The quantitative estimate of drug-likeness (QED) is 0.771. The highest BCUT2D eigenvalue weighted by molar-refractivity contribution is 6.30. The minimum Gasteiger partial charge on any atom is -0.481 e. The van der Waals surface area contributed by atoms with Crippen LogP contribution in [0.15, 0.2) is 4.52 Å². The average molecular weight is 190 g/mol. The fraction of sp³-hybridized carbons (Fsp3) is 0.429. The molecule has 1 unspecified atom stereocenters. The highest BCUT2D eigenvalue weighted by Crippen LogP contribution is 2.24. The van der Waals surface area contributed by atoms with Gasteiger partial charge in [0, 0.05) is 5.56 Å². The van der Waals surface area contributed by atoms with Crippen LogP contribution < -0.4 is 0 Å². The Morgan fingerprint density at radius 3 is 2.67 bits per heavy atom. The van der Waals surface area contributed by atoms with E-state index in [4.69, 9.17) is 21.2 Å². The Labute approximate surface area is 74.1 Å². The third kappa shape index (κ3) is 1.43. The molecule has 0 aliphatic heterocycles. The monoisotopic (exact) mass is 189 g/mol. The second-order valence-electron chi connectivity index (χ2n) is 2.52.